The molecule has 0 saturated heterocycles. The lowest BCUT2D eigenvalue weighted by molar-refractivity contribution is -0.258. The number of carbonyl (C=O) groups excluding carboxylic acids is 2. The number of rotatable bonds is 6. The van der Waals surface area contributed by atoms with Crippen LogP contribution < -0.4 is 10.0 Å². The Bertz CT molecular complexity index is 1210. The minimum absolute atomic E-state index is 0.0708. The van der Waals surface area contributed by atoms with Crippen molar-refractivity contribution in [2.45, 2.75) is 36.2 Å². The second kappa shape index (κ2) is 8.98. The molecule has 0 aromatic heterocycles. The van der Waals surface area contributed by atoms with Gasteiger partial charge in [0.1, 0.15) is 12.6 Å². The van der Waals surface area contributed by atoms with Crippen molar-refractivity contribution >= 4 is 27.5 Å². The van der Waals surface area contributed by atoms with Crippen LogP contribution in [-0.4, -0.2) is 55.2 Å². The first-order valence-electron chi connectivity index (χ1n) is 9.90. The largest absolute Gasteiger partial charge is 0.421 e. The molecule has 3 rings (SSSR count). The van der Waals surface area contributed by atoms with Crippen molar-refractivity contribution in [3.05, 3.63) is 59.2 Å². The number of sulfonamides is 1. The zero-order chi connectivity index (χ0) is 25.5. The van der Waals surface area contributed by atoms with Gasteiger partial charge in [0.25, 0.3) is 5.91 Å². The van der Waals surface area contributed by atoms with E-state index in [0.29, 0.717) is 18.1 Å². The maximum Gasteiger partial charge on any atom is 0.421 e. The highest BCUT2D eigenvalue weighted by Gasteiger charge is 2.51. The van der Waals surface area contributed by atoms with Gasteiger partial charge in [-0.05, 0) is 54.9 Å². The summed E-state index contributed by atoms with van der Waals surface area (Å²) < 4.78 is 65.4. The van der Waals surface area contributed by atoms with Crippen LogP contribution in [0.15, 0.2) is 47.4 Å². The summed E-state index contributed by atoms with van der Waals surface area (Å²) in [6, 6.07) is 7.13. The maximum atomic E-state index is 13.0. The smallest absolute Gasteiger partial charge is 0.387 e. The van der Waals surface area contributed by atoms with Crippen molar-refractivity contribution in [2.75, 3.05) is 19.0 Å². The zero-order valence-corrected chi connectivity index (χ0v) is 18.9. The quantitative estimate of drug-likeness (QED) is 0.472. The molecule has 2 atom stereocenters. The molecule has 0 aliphatic carbocycles. The van der Waals surface area contributed by atoms with E-state index in [1.807, 2.05) is 0 Å². The Kier molecular flexibility index (Phi) is 6.77. The average molecular weight is 501 g/mol. The molecular weight excluding hydrogens is 479 g/mol. The first-order chi connectivity index (χ1) is 15.7. The Balaban J connectivity index is 1.90. The first-order valence-corrected chi connectivity index (χ1v) is 11.4. The lowest BCUT2D eigenvalue weighted by Crippen LogP contribution is -2.39. The number of aliphatic hydroxyl groups is 2. The van der Waals surface area contributed by atoms with Crippen LogP contribution in [0.5, 0.6) is 0 Å². The number of nitrogens with zero attached hydrogens (tertiary/aromatic N) is 1. The van der Waals surface area contributed by atoms with Gasteiger partial charge in [0.15, 0.2) is 5.60 Å². The van der Waals surface area contributed by atoms with Gasteiger partial charge in [-0.3, -0.25) is 9.59 Å². The molecule has 184 valence electrons. The molecule has 4 N–H and O–H groups in total. The van der Waals surface area contributed by atoms with Crippen molar-refractivity contribution in [1.29, 1.82) is 0 Å². The number of fused-ring (bicyclic) bond motifs is 1. The number of nitrogens with one attached hydrogen (secondary N) is 2. The summed E-state index contributed by atoms with van der Waals surface area (Å²) >= 11 is 0. The van der Waals surface area contributed by atoms with Gasteiger partial charge in [0.2, 0.25) is 15.9 Å². The molecule has 13 heteroatoms. The molecule has 1 aliphatic rings. The summed E-state index contributed by atoms with van der Waals surface area (Å²) in [7, 11) is -2.54. The van der Waals surface area contributed by atoms with Gasteiger partial charge in [-0.1, -0.05) is 18.2 Å². The third-order valence-corrected chi connectivity index (χ3v) is 7.02. The number of carbonyl (C=O) groups is 2. The van der Waals surface area contributed by atoms with Crippen LogP contribution in [-0.2, 0) is 31.8 Å². The number of aliphatic hydroxyl groups excluding tert-OH is 1. The van der Waals surface area contributed by atoms with E-state index in [1.165, 1.54) is 37.4 Å². The Hall–Kier alpha value is -3.00. The van der Waals surface area contributed by atoms with E-state index < -0.39 is 51.8 Å². The van der Waals surface area contributed by atoms with Crippen molar-refractivity contribution < 1.29 is 41.4 Å². The van der Waals surface area contributed by atoms with Gasteiger partial charge in [-0.2, -0.15) is 13.2 Å². The fraction of sp³-hybridized carbons (Fsp3) is 0.333. The summed E-state index contributed by atoms with van der Waals surface area (Å²) in [5.41, 5.74) is -2.69. The third kappa shape index (κ3) is 4.64. The highest BCUT2D eigenvalue weighted by atomic mass is 32.2. The summed E-state index contributed by atoms with van der Waals surface area (Å²) in [6.07, 6.45) is -4.91. The zero-order valence-electron chi connectivity index (χ0n) is 18.0. The lowest BCUT2D eigenvalue weighted by atomic mass is 9.95. The van der Waals surface area contributed by atoms with Crippen LogP contribution in [0.3, 0.4) is 0 Å². The van der Waals surface area contributed by atoms with E-state index in [4.69, 9.17) is 0 Å². The molecule has 0 fully saturated rings. The SMILES string of the molecule is CNS(=O)(=O)c1ccc2c(c1)CN(C(=O)CO)C2C(=O)Nc1ccc(C(C)(O)C(F)(F)F)cc1. The Morgan fingerprint density at radius 2 is 1.76 bits per heavy atom. The maximum absolute atomic E-state index is 13.0. The van der Waals surface area contributed by atoms with Gasteiger partial charge in [-0.25, -0.2) is 13.1 Å². The van der Waals surface area contributed by atoms with E-state index in [1.54, 1.807) is 0 Å². The van der Waals surface area contributed by atoms with Crippen molar-refractivity contribution in [3.63, 3.8) is 0 Å². The average Bonchev–Trinajstić information content (AvgIpc) is 3.17. The summed E-state index contributed by atoms with van der Waals surface area (Å²) in [6.45, 7) is -0.412. The number of halogens is 3. The molecule has 0 bridgehead atoms. The predicted octanol–water partition coefficient (Wildman–Crippen LogP) is 1.38. The Labute approximate surface area is 193 Å². The second-order valence-corrected chi connectivity index (χ2v) is 9.67. The Morgan fingerprint density at radius 3 is 2.29 bits per heavy atom. The molecule has 0 spiro atoms. The third-order valence-electron chi connectivity index (χ3n) is 5.61. The minimum Gasteiger partial charge on any atom is -0.387 e. The van der Waals surface area contributed by atoms with Crippen LogP contribution in [0.25, 0.3) is 0 Å². The van der Waals surface area contributed by atoms with Crippen LogP contribution in [0.1, 0.15) is 29.7 Å². The second-order valence-electron chi connectivity index (χ2n) is 7.79. The van der Waals surface area contributed by atoms with Crippen molar-refractivity contribution in [1.82, 2.24) is 9.62 Å². The number of amides is 2. The van der Waals surface area contributed by atoms with E-state index in [2.05, 4.69) is 10.0 Å². The number of hydrogen-bond donors (Lipinski definition) is 4. The molecule has 9 nitrogen and oxygen atoms in total. The minimum atomic E-state index is -4.91. The molecular formula is C21H22F3N3O6S. The molecule has 1 heterocycles. The van der Waals surface area contributed by atoms with Crippen LogP contribution in [0, 0.1) is 0 Å². The normalized spacial score (nSPS) is 17.7. The molecule has 2 unspecified atom stereocenters. The molecule has 0 radical (unpaired) electrons. The van der Waals surface area contributed by atoms with Crippen LogP contribution in [0.2, 0.25) is 0 Å². The molecule has 34 heavy (non-hydrogen) atoms. The standard InChI is InChI=1S/C21H22F3N3O6S/c1-20(31,21(22,23)24)13-3-5-14(6-4-13)26-19(30)18-16-8-7-15(34(32,33)25-2)9-12(16)10-27(18)17(29)11-28/h3-9,18,25,28,31H,10-11H2,1-2H3,(H,26,30). The molecule has 2 amide bonds. The van der Waals surface area contributed by atoms with Gasteiger partial charge < -0.3 is 20.4 Å². The van der Waals surface area contributed by atoms with E-state index >= 15 is 0 Å². The van der Waals surface area contributed by atoms with Crippen molar-refractivity contribution in [3.8, 4) is 0 Å². The van der Waals surface area contributed by atoms with Crippen molar-refractivity contribution in [2.24, 2.45) is 0 Å². The van der Waals surface area contributed by atoms with Gasteiger partial charge >= 0.3 is 6.18 Å². The van der Waals surface area contributed by atoms with Gasteiger partial charge in [0.05, 0.1) is 4.90 Å². The first kappa shape index (κ1) is 25.6. The fourth-order valence-corrected chi connectivity index (χ4v) is 4.35. The lowest BCUT2D eigenvalue weighted by Gasteiger charge is -2.27. The molecule has 2 aromatic rings. The Morgan fingerprint density at radius 1 is 1.15 bits per heavy atom. The predicted molar refractivity (Wildman–Crippen MR) is 114 cm³/mol. The number of benzene rings is 2. The molecule has 0 saturated carbocycles. The van der Waals surface area contributed by atoms with E-state index in [-0.39, 0.29) is 17.1 Å². The van der Waals surface area contributed by atoms with E-state index in [9.17, 15) is 41.4 Å². The number of anilines is 1. The fourth-order valence-electron chi connectivity index (χ4n) is 3.57. The monoisotopic (exact) mass is 501 g/mol. The van der Waals surface area contributed by atoms with E-state index in [0.717, 1.165) is 17.0 Å². The highest BCUT2D eigenvalue weighted by Crippen LogP contribution is 2.39. The van der Waals surface area contributed by atoms with Gasteiger partial charge in [-0.15, -0.1) is 0 Å². The van der Waals surface area contributed by atoms with Crippen LogP contribution in [0.4, 0.5) is 18.9 Å². The van der Waals surface area contributed by atoms with Gasteiger partial charge in [0, 0.05) is 12.2 Å². The van der Waals surface area contributed by atoms with Crippen LogP contribution >= 0.6 is 0 Å². The summed E-state index contributed by atoms with van der Waals surface area (Å²) in [4.78, 5) is 26.3. The number of alkyl halides is 3. The number of hydrogen-bond acceptors (Lipinski definition) is 6. The molecule has 1 aliphatic heterocycles. The topological polar surface area (TPSA) is 136 Å². The molecule has 2 aromatic carbocycles. The summed E-state index contributed by atoms with van der Waals surface area (Å²) in [5, 5.41) is 21.6. The summed E-state index contributed by atoms with van der Waals surface area (Å²) in [5.74, 6) is -1.49. The highest BCUT2D eigenvalue weighted by molar-refractivity contribution is 7.89.